The lowest BCUT2D eigenvalue weighted by atomic mass is 10.1. The van der Waals surface area contributed by atoms with Crippen LogP contribution in [-0.4, -0.2) is 24.0 Å². The Bertz CT molecular complexity index is 310. The zero-order valence-corrected chi connectivity index (χ0v) is 10.4. The van der Waals surface area contributed by atoms with Crippen molar-refractivity contribution in [1.82, 2.24) is 4.90 Å². The highest BCUT2D eigenvalue weighted by molar-refractivity contribution is 9.10. The molecule has 1 atom stereocenters. The monoisotopic (exact) mass is 268 g/mol. The van der Waals surface area contributed by atoms with Crippen molar-refractivity contribution in [3.63, 3.8) is 0 Å². The smallest absolute Gasteiger partial charge is 0.0234 e. The van der Waals surface area contributed by atoms with Crippen molar-refractivity contribution in [2.45, 2.75) is 25.4 Å². The molecule has 2 rings (SSSR count). The van der Waals surface area contributed by atoms with Gasteiger partial charge in [0, 0.05) is 23.6 Å². The molecule has 0 aliphatic carbocycles. The third-order valence-electron chi connectivity index (χ3n) is 2.86. The van der Waals surface area contributed by atoms with Gasteiger partial charge in [-0.2, -0.15) is 0 Å². The van der Waals surface area contributed by atoms with Gasteiger partial charge in [-0.05, 0) is 37.1 Å². The fourth-order valence-electron chi connectivity index (χ4n) is 2.08. The molecule has 1 aromatic rings. The normalized spacial score (nSPS) is 22.9. The Hall–Kier alpha value is -0.380. The van der Waals surface area contributed by atoms with Crippen LogP contribution in [0.4, 0.5) is 0 Å². The number of halogens is 1. The van der Waals surface area contributed by atoms with E-state index in [0.717, 1.165) is 17.6 Å². The topological polar surface area (TPSA) is 29.3 Å². The molecule has 15 heavy (non-hydrogen) atoms. The Labute approximate surface area is 99.6 Å². The summed E-state index contributed by atoms with van der Waals surface area (Å²) in [6.07, 6.45) is 2.41. The van der Waals surface area contributed by atoms with Crippen molar-refractivity contribution in [3.8, 4) is 0 Å². The van der Waals surface area contributed by atoms with Crippen molar-refractivity contribution in [3.05, 3.63) is 34.3 Å². The summed E-state index contributed by atoms with van der Waals surface area (Å²) in [5.41, 5.74) is 7.32. The minimum absolute atomic E-state index is 0.370. The van der Waals surface area contributed by atoms with E-state index in [9.17, 15) is 0 Å². The molecule has 1 aromatic carbocycles. The third-order valence-corrected chi connectivity index (χ3v) is 3.39. The lowest BCUT2D eigenvalue weighted by molar-refractivity contribution is 0.201. The van der Waals surface area contributed by atoms with Crippen LogP contribution in [0.1, 0.15) is 18.4 Å². The molecule has 1 heterocycles. The van der Waals surface area contributed by atoms with Crippen LogP contribution in [-0.2, 0) is 6.54 Å². The molecular weight excluding hydrogens is 252 g/mol. The molecule has 0 aromatic heterocycles. The van der Waals surface area contributed by atoms with E-state index in [0.29, 0.717) is 6.04 Å². The number of piperidine rings is 1. The van der Waals surface area contributed by atoms with Crippen LogP contribution in [0.3, 0.4) is 0 Å². The Balaban J connectivity index is 1.93. The maximum absolute atomic E-state index is 5.95. The lowest BCUT2D eigenvalue weighted by Gasteiger charge is -2.30. The number of hydrogen-bond acceptors (Lipinski definition) is 2. The molecule has 1 saturated heterocycles. The summed E-state index contributed by atoms with van der Waals surface area (Å²) >= 11 is 3.45. The van der Waals surface area contributed by atoms with Gasteiger partial charge in [0.2, 0.25) is 0 Å². The molecule has 1 fully saturated rings. The highest BCUT2D eigenvalue weighted by atomic mass is 79.9. The van der Waals surface area contributed by atoms with E-state index in [1.165, 1.54) is 24.9 Å². The molecular formula is C12H17BrN2. The molecule has 3 heteroatoms. The van der Waals surface area contributed by atoms with E-state index in [2.05, 4.69) is 45.1 Å². The fraction of sp³-hybridized carbons (Fsp3) is 0.500. The van der Waals surface area contributed by atoms with Gasteiger partial charge in [-0.1, -0.05) is 28.1 Å². The van der Waals surface area contributed by atoms with Crippen molar-refractivity contribution >= 4 is 15.9 Å². The minimum atomic E-state index is 0.370. The van der Waals surface area contributed by atoms with Crippen LogP contribution in [0.2, 0.25) is 0 Å². The Morgan fingerprint density at radius 2 is 2.07 bits per heavy atom. The van der Waals surface area contributed by atoms with Crippen molar-refractivity contribution in [2.75, 3.05) is 13.1 Å². The average molecular weight is 269 g/mol. The number of likely N-dealkylation sites (tertiary alicyclic amines) is 1. The van der Waals surface area contributed by atoms with E-state index in [-0.39, 0.29) is 0 Å². The van der Waals surface area contributed by atoms with E-state index in [4.69, 9.17) is 5.73 Å². The van der Waals surface area contributed by atoms with Gasteiger partial charge in [0.15, 0.2) is 0 Å². The van der Waals surface area contributed by atoms with Gasteiger partial charge >= 0.3 is 0 Å². The standard InChI is InChI=1S/C12H17BrN2/c13-11-5-3-10(4-6-11)8-15-7-1-2-12(14)9-15/h3-6,12H,1-2,7-9,14H2/t12-/m1/s1. The number of nitrogens with two attached hydrogens (primary N) is 1. The summed E-state index contributed by atoms with van der Waals surface area (Å²) in [6.45, 7) is 3.25. The summed E-state index contributed by atoms with van der Waals surface area (Å²) < 4.78 is 1.14. The lowest BCUT2D eigenvalue weighted by Crippen LogP contribution is -2.42. The molecule has 0 bridgehead atoms. The second kappa shape index (κ2) is 5.10. The second-order valence-electron chi connectivity index (χ2n) is 4.26. The third kappa shape index (κ3) is 3.30. The molecule has 2 nitrogen and oxygen atoms in total. The van der Waals surface area contributed by atoms with Gasteiger partial charge in [0.1, 0.15) is 0 Å². The SMILES string of the molecule is N[C@@H]1CCCN(Cc2ccc(Br)cc2)C1. The average Bonchev–Trinajstić information content (AvgIpc) is 2.22. The Morgan fingerprint density at radius 1 is 1.33 bits per heavy atom. The van der Waals surface area contributed by atoms with Gasteiger partial charge in [-0.3, -0.25) is 4.90 Å². The first kappa shape index (κ1) is 11.1. The predicted octanol–water partition coefficient (Wildman–Crippen LogP) is 2.37. The summed E-state index contributed by atoms with van der Waals surface area (Å²) in [5, 5.41) is 0. The number of rotatable bonds is 2. The summed E-state index contributed by atoms with van der Waals surface area (Å²) in [4.78, 5) is 2.44. The number of benzene rings is 1. The molecule has 1 aliphatic rings. The van der Waals surface area contributed by atoms with Gasteiger partial charge in [-0.15, -0.1) is 0 Å². The van der Waals surface area contributed by atoms with E-state index >= 15 is 0 Å². The first-order chi connectivity index (χ1) is 7.24. The van der Waals surface area contributed by atoms with Gasteiger partial charge in [0.05, 0.1) is 0 Å². The zero-order valence-electron chi connectivity index (χ0n) is 8.82. The van der Waals surface area contributed by atoms with Crippen LogP contribution in [0.25, 0.3) is 0 Å². The molecule has 0 amide bonds. The van der Waals surface area contributed by atoms with Crippen LogP contribution in [0.15, 0.2) is 28.7 Å². The molecule has 1 aliphatic heterocycles. The Morgan fingerprint density at radius 3 is 2.73 bits per heavy atom. The fourth-order valence-corrected chi connectivity index (χ4v) is 2.35. The second-order valence-corrected chi connectivity index (χ2v) is 5.18. The van der Waals surface area contributed by atoms with Crippen molar-refractivity contribution < 1.29 is 0 Å². The summed E-state index contributed by atoms with van der Waals surface area (Å²) in [5.74, 6) is 0. The van der Waals surface area contributed by atoms with Crippen molar-refractivity contribution in [1.29, 1.82) is 0 Å². The number of hydrogen-bond donors (Lipinski definition) is 1. The maximum atomic E-state index is 5.95. The highest BCUT2D eigenvalue weighted by Gasteiger charge is 2.16. The molecule has 0 radical (unpaired) electrons. The first-order valence-corrected chi connectivity index (χ1v) is 6.26. The molecule has 82 valence electrons. The predicted molar refractivity (Wildman–Crippen MR) is 66.6 cm³/mol. The molecule has 0 unspecified atom stereocenters. The largest absolute Gasteiger partial charge is 0.327 e. The van der Waals surface area contributed by atoms with E-state index in [1.54, 1.807) is 0 Å². The van der Waals surface area contributed by atoms with Gasteiger partial charge in [-0.25, -0.2) is 0 Å². The molecule has 0 spiro atoms. The van der Waals surface area contributed by atoms with Crippen LogP contribution in [0, 0.1) is 0 Å². The van der Waals surface area contributed by atoms with Gasteiger partial charge < -0.3 is 5.73 Å². The quantitative estimate of drug-likeness (QED) is 0.893. The Kier molecular flexibility index (Phi) is 3.78. The minimum Gasteiger partial charge on any atom is -0.327 e. The van der Waals surface area contributed by atoms with Crippen LogP contribution < -0.4 is 5.73 Å². The zero-order chi connectivity index (χ0) is 10.7. The van der Waals surface area contributed by atoms with Crippen LogP contribution in [0.5, 0.6) is 0 Å². The molecule has 0 saturated carbocycles. The molecule has 2 N–H and O–H groups in total. The highest BCUT2D eigenvalue weighted by Crippen LogP contribution is 2.15. The number of nitrogens with zero attached hydrogens (tertiary/aromatic N) is 1. The van der Waals surface area contributed by atoms with E-state index < -0.39 is 0 Å². The maximum Gasteiger partial charge on any atom is 0.0234 e. The van der Waals surface area contributed by atoms with E-state index in [1.807, 2.05) is 0 Å². The first-order valence-electron chi connectivity index (χ1n) is 5.46. The summed E-state index contributed by atoms with van der Waals surface area (Å²) in [6, 6.07) is 8.90. The van der Waals surface area contributed by atoms with Crippen molar-refractivity contribution in [2.24, 2.45) is 5.73 Å². The van der Waals surface area contributed by atoms with Gasteiger partial charge in [0.25, 0.3) is 0 Å². The summed E-state index contributed by atoms with van der Waals surface area (Å²) in [7, 11) is 0. The van der Waals surface area contributed by atoms with Crippen LogP contribution >= 0.6 is 15.9 Å².